The first-order valence-electron chi connectivity index (χ1n) is 5.92. The summed E-state index contributed by atoms with van der Waals surface area (Å²) in [6.07, 6.45) is 1.15. The van der Waals surface area contributed by atoms with Crippen molar-refractivity contribution in [3.63, 3.8) is 0 Å². The molecule has 1 aromatic carbocycles. The average molecular weight is 226 g/mol. The highest BCUT2D eigenvalue weighted by atomic mass is 16.2. The molecule has 1 atom stereocenters. The monoisotopic (exact) mass is 226 g/mol. The van der Waals surface area contributed by atoms with Crippen molar-refractivity contribution >= 4 is 11.6 Å². The van der Waals surface area contributed by atoms with Crippen LogP contribution in [0.1, 0.15) is 40.5 Å². The maximum Gasteiger partial charge on any atom is 0.177 e. The second-order valence-corrected chi connectivity index (χ2v) is 5.23. The molecule has 0 aliphatic heterocycles. The fourth-order valence-corrected chi connectivity index (χ4v) is 3.14. The number of rotatable bonds is 0. The molecule has 17 heavy (non-hydrogen) atoms. The summed E-state index contributed by atoms with van der Waals surface area (Å²) < 4.78 is 0. The molecule has 1 aromatic rings. The predicted octanol–water partition coefficient (Wildman–Crippen LogP) is 3.04. The van der Waals surface area contributed by atoms with Crippen molar-refractivity contribution in [3.05, 3.63) is 47.5 Å². The number of carbonyl (C=O) groups excluding carboxylic acids is 2. The number of carbonyl (C=O) groups is 2. The molecule has 0 N–H and O–H groups in total. The van der Waals surface area contributed by atoms with Crippen LogP contribution in [-0.2, 0) is 0 Å². The summed E-state index contributed by atoms with van der Waals surface area (Å²) in [6.45, 7) is 6.02. The third kappa shape index (κ3) is 1.15. The van der Waals surface area contributed by atoms with Gasteiger partial charge >= 0.3 is 0 Å². The van der Waals surface area contributed by atoms with E-state index < -0.39 is 5.41 Å². The summed E-state index contributed by atoms with van der Waals surface area (Å²) >= 11 is 0. The lowest BCUT2D eigenvalue weighted by atomic mass is 9.80. The van der Waals surface area contributed by atoms with Gasteiger partial charge in [0.2, 0.25) is 0 Å². The topological polar surface area (TPSA) is 34.1 Å². The Morgan fingerprint density at radius 3 is 2.12 bits per heavy atom. The largest absolute Gasteiger partial charge is 0.293 e. The van der Waals surface area contributed by atoms with Gasteiger partial charge in [-0.3, -0.25) is 9.59 Å². The Bertz CT molecular complexity index is 519. The number of hydrogen-bond donors (Lipinski definition) is 0. The van der Waals surface area contributed by atoms with Crippen LogP contribution in [-0.4, -0.2) is 11.6 Å². The van der Waals surface area contributed by atoms with E-state index in [4.69, 9.17) is 0 Å². The molecule has 0 aromatic heterocycles. The number of fused-ring (bicyclic) bond motifs is 1. The molecule has 1 saturated carbocycles. The zero-order valence-corrected chi connectivity index (χ0v) is 9.82. The fourth-order valence-electron chi connectivity index (χ4n) is 3.14. The van der Waals surface area contributed by atoms with Crippen LogP contribution in [0.15, 0.2) is 36.4 Å². The van der Waals surface area contributed by atoms with Crippen molar-refractivity contribution in [2.45, 2.75) is 19.8 Å². The molecular weight excluding hydrogens is 212 g/mol. The van der Waals surface area contributed by atoms with E-state index in [0.717, 1.165) is 5.57 Å². The Morgan fingerprint density at radius 1 is 1.18 bits per heavy atom. The van der Waals surface area contributed by atoms with Crippen LogP contribution in [0.4, 0.5) is 0 Å². The zero-order chi connectivity index (χ0) is 12.2. The lowest BCUT2D eigenvalue weighted by Crippen LogP contribution is -2.30. The van der Waals surface area contributed by atoms with Gasteiger partial charge in [-0.2, -0.15) is 0 Å². The van der Waals surface area contributed by atoms with E-state index in [2.05, 4.69) is 6.58 Å². The number of ketones is 2. The summed E-state index contributed by atoms with van der Waals surface area (Å²) in [4.78, 5) is 24.9. The molecule has 0 amide bonds. The molecule has 86 valence electrons. The van der Waals surface area contributed by atoms with Crippen LogP contribution in [0.25, 0.3) is 0 Å². The van der Waals surface area contributed by atoms with Gasteiger partial charge in [0.15, 0.2) is 11.6 Å². The summed E-state index contributed by atoms with van der Waals surface area (Å²) in [6, 6.07) is 7.15. The molecule has 0 bridgehead atoms. The van der Waals surface area contributed by atoms with Crippen LogP contribution in [0.2, 0.25) is 0 Å². The lowest BCUT2D eigenvalue weighted by molar-refractivity contribution is 0.0702. The Morgan fingerprint density at radius 2 is 1.71 bits per heavy atom. The minimum absolute atomic E-state index is 0.00333. The molecule has 2 heteroatoms. The fraction of sp³-hybridized carbons (Fsp3) is 0.333. The molecule has 3 rings (SSSR count). The van der Waals surface area contributed by atoms with Crippen molar-refractivity contribution < 1.29 is 9.59 Å². The van der Waals surface area contributed by atoms with Crippen LogP contribution in [0.5, 0.6) is 0 Å². The Labute approximate surface area is 100 Å². The van der Waals surface area contributed by atoms with Crippen LogP contribution in [0, 0.1) is 11.3 Å². The van der Waals surface area contributed by atoms with Crippen molar-refractivity contribution in [1.82, 2.24) is 0 Å². The number of hydrogen-bond acceptors (Lipinski definition) is 2. The van der Waals surface area contributed by atoms with E-state index in [-0.39, 0.29) is 17.5 Å². The maximum absolute atomic E-state index is 12.5. The van der Waals surface area contributed by atoms with Gasteiger partial charge in [-0.25, -0.2) is 0 Å². The Balaban J connectivity index is 2.16. The van der Waals surface area contributed by atoms with Gasteiger partial charge in [-0.15, -0.1) is 0 Å². The van der Waals surface area contributed by atoms with Crippen LogP contribution in [0.3, 0.4) is 0 Å². The van der Waals surface area contributed by atoms with Gasteiger partial charge < -0.3 is 0 Å². The Hall–Kier alpha value is -1.70. The van der Waals surface area contributed by atoms with E-state index >= 15 is 0 Å². The minimum atomic E-state index is -0.819. The van der Waals surface area contributed by atoms with E-state index in [9.17, 15) is 9.59 Å². The average Bonchev–Trinajstić information content (AvgIpc) is 2.73. The van der Waals surface area contributed by atoms with Gasteiger partial charge in [-0.1, -0.05) is 43.3 Å². The summed E-state index contributed by atoms with van der Waals surface area (Å²) in [5.41, 5.74) is 1.40. The molecular formula is C15H14O2. The van der Waals surface area contributed by atoms with Crippen LogP contribution >= 0.6 is 0 Å². The second kappa shape index (κ2) is 3.16. The molecule has 1 fully saturated rings. The standard InChI is InChI=1S/C15H14O2/c1-9-7-15(8-10(9)2)13(16)11-5-3-4-6-12(11)14(15)17/h3-6,10H,1,7-8H2,2H3. The van der Waals surface area contributed by atoms with Crippen molar-refractivity contribution in [1.29, 1.82) is 0 Å². The van der Waals surface area contributed by atoms with Crippen LogP contribution < -0.4 is 0 Å². The van der Waals surface area contributed by atoms with Gasteiger partial charge in [-0.05, 0) is 18.8 Å². The SMILES string of the molecule is C=C1CC2(CC1C)C(=O)c1ccccc1C2=O. The zero-order valence-electron chi connectivity index (χ0n) is 9.82. The smallest absolute Gasteiger partial charge is 0.177 e. The summed E-state index contributed by atoms with van der Waals surface area (Å²) in [7, 11) is 0. The molecule has 2 nitrogen and oxygen atoms in total. The van der Waals surface area contributed by atoms with E-state index in [0.29, 0.717) is 24.0 Å². The molecule has 2 aliphatic carbocycles. The van der Waals surface area contributed by atoms with E-state index in [1.54, 1.807) is 12.1 Å². The molecule has 0 heterocycles. The highest BCUT2D eigenvalue weighted by Crippen LogP contribution is 2.52. The number of allylic oxidation sites excluding steroid dienone is 1. The summed E-state index contributed by atoms with van der Waals surface area (Å²) in [5, 5.41) is 0. The normalized spacial score (nSPS) is 25.7. The first-order chi connectivity index (χ1) is 8.06. The van der Waals surface area contributed by atoms with Gasteiger partial charge in [0, 0.05) is 11.1 Å². The van der Waals surface area contributed by atoms with Gasteiger partial charge in [0.05, 0.1) is 0 Å². The van der Waals surface area contributed by atoms with E-state index in [1.807, 2.05) is 19.1 Å². The molecule has 1 spiro atoms. The molecule has 0 saturated heterocycles. The second-order valence-electron chi connectivity index (χ2n) is 5.23. The van der Waals surface area contributed by atoms with Crippen molar-refractivity contribution in [3.8, 4) is 0 Å². The number of benzene rings is 1. The lowest BCUT2D eigenvalue weighted by Gasteiger charge is -2.18. The van der Waals surface area contributed by atoms with Crippen molar-refractivity contribution in [2.24, 2.45) is 11.3 Å². The highest BCUT2D eigenvalue weighted by molar-refractivity contribution is 6.29. The molecule has 0 radical (unpaired) electrons. The Kier molecular flexibility index (Phi) is 1.94. The first kappa shape index (κ1) is 10.5. The van der Waals surface area contributed by atoms with Gasteiger partial charge in [0.1, 0.15) is 5.41 Å². The third-order valence-corrected chi connectivity index (χ3v) is 4.17. The predicted molar refractivity (Wildman–Crippen MR) is 65.1 cm³/mol. The maximum atomic E-state index is 12.5. The summed E-state index contributed by atoms with van der Waals surface area (Å²) in [5.74, 6) is 0.268. The first-order valence-corrected chi connectivity index (χ1v) is 5.92. The van der Waals surface area contributed by atoms with Crippen molar-refractivity contribution in [2.75, 3.05) is 0 Å². The minimum Gasteiger partial charge on any atom is -0.293 e. The number of Topliss-reactive ketones (excluding diaryl/α,β-unsaturated/α-hetero) is 2. The van der Waals surface area contributed by atoms with Gasteiger partial charge in [0.25, 0.3) is 0 Å². The highest BCUT2D eigenvalue weighted by Gasteiger charge is 2.56. The quantitative estimate of drug-likeness (QED) is 0.503. The molecule has 2 aliphatic rings. The van der Waals surface area contributed by atoms with E-state index in [1.165, 1.54) is 0 Å². The third-order valence-electron chi connectivity index (χ3n) is 4.17. The molecule has 1 unspecified atom stereocenters.